The lowest BCUT2D eigenvalue weighted by molar-refractivity contribution is -0.116. The molecule has 0 atom stereocenters. The van der Waals surface area contributed by atoms with Gasteiger partial charge >= 0.3 is 0 Å². The molecular weight excluding hydrogens is 284 g/mol. The summed E-state index contributed by atoms with van der Waals surface area (Å²) >= 11 is 0. The minimum Gasteiger partial charge on any atom is -0.326 e. The summed E-state index contributed by atoms with van der Waals surface area (Å²) in [7, 11) is 0. The van der Waals surface area contributed by atoms with E-state index in [1.807, 2.05) is 36.4 Å². The van der Waals surface area contributed by atoms with Gasteiger partial charge in [0.05, 0.1) is 0 Å². The molecule has 0 unspecified atom stereocenters. The second-order valence-corrected chi connectivity index (χ2v) is 6.76. The van der Waals surface area contributed by atoms with Gasteiger partial charge in [0.2, 0.25) is 5.91 Å². The third-order valence-electron chi connectivity index (χ3n) is 3.71. The molecule has 2 aromatic rings. The molecule has 23 heavy (non-hydrogen) atoms. The summed E-state index contributed by atoms with van der Waals surface area (Å²) in [5.41, 5.74) is 3.31. The van der Waals surface area contributed by atoms with Gasteiger partial charge in [-0.3, -0.25) is 4.79 Å². The lowest BCUT2D eigenvalue weighted by Crippen LogP contribution is -2.23. The van der Waals surface area contributed by atoms with Crippen LogP contribution < -0.4 is 10.6 Å². The van der Waals surface area contributed by atoms with Crippen molar-refractivity contribution in [3.63, 3.8) is 0 Å². The van der Waals surface area contributed by atoms with Gasteiger partial charge in [-0.25, -0.2) is 0 Å². The van der Waals surface area contributed by atoms with Gasteiger partial charge in [0.25, 0.3) is 0 Å². The standard InChI is InChI=1S/C20H26N2O/c1-20(2,3)17-11-7-8-12-18(17)22-19(23)13-14-21-15-16-9-5-4-6-10-16/h4-12,21H,13-15H2,1-3H3,(H,22,23). The quantitative estimate of drug-likeness (QED) is 0.789. The Morgan fingerprint density at radius 2 is 1.61 bits per heavy atom. The predicted molar refractivity (Wildman–Crippen MR) is 96.5 cm³/mol. The number of rotatable bonds is 6. The zero-order valence-corrected chi connectivity index (χ0v) is 14.2. The number of anilines is 1. The van der Waals surface area contributed by atoms with E-state index in [4.69, 9.17) is 0 Å². The van der Waals surface area contributed by atoms with Gasteiger partial charge in [0.1, 0.15) is 0 Å². The Morgan fingerprint density at radius 1 is 0.957 bits per heavy atom. The Balaban J connectivity index is 1.81. The van der Waals surface area contributed by atoms with Crippen LogP contribution in [0.5, 0.6) is 0 Å². The first-order valence-corrected chi connectivity index (χ1v) is 8.11. The number of carbonyl (C=O) groups is 1. The van der Waals surface area contributed by atoms with Crippen molar-refractivity contribution < 1.29 is 4.79 Å². The maximum Gasteiger partial charge on any atom is 0.225 e. The van der Waals surface area contributed by atoms with E-state index in [0.717, 1.165) is 17.8 Å². The van der Waals surface area contributed by atoms with Crippen molar-refractivity contribution in [2.45, 2.75) is 39.2 Å². The van der Waals surface area contributed by atoms with E-state index in [1.54, 1.807) is 0 Å². The highest BCUT2D eigenvalue weighted by Crippen LogP contribution is 2.29. The van der Waals surface area contributed by atoms with Crippen molar-refractivity contribution in [3.05, 3.63) is 65.7 Å². The molecule has 0 aromatic heterocycles. The largest absolute Gasteiger partial charge is 0.326 e. The second-order valence-electron chi connectivity index (χ2n) is 6.76. The topological polar surface area (TPSA) is 41.1 Å². The first-order valence-electron chi connectivity index (χ1n) is 8.11. The fourth-order valence-electron chi connectivity index (χ4n) is 2.49. The Bertz CT molecular complexity index is 630. The van der Waals surface area contributed by atoms with Crippen LogP contribution in [0.1, 0.15) is 38.3 Å². The molecule has 2 aromatic carbocycles. The molecule has 0 heterocycles. The number of carbonyl (C=O) groups excluding carboxylic acids is 1. The third-order valence-corrected chi connectivity index (χ3v) is 3.71. The zero-order valence-electron chi connectivity index (χ0n) is 14.2. The first-order chi connectivity index (χ1) is 11.0. The molecule has 122 valence electrons. The maximum absolute atomic E-state index is 12.2. The SMILES string of the molecule is CC(C)(C)c1ccccc1NC(=O)CCNCc1ccccc1. The van der Waals surface area contributed by atoms with Gasteiger partial charge in [-0.05, 0) is 22.6 Å². The number of hydrogen-bond donors (Lipinski definition) is 2. The molecular formula is C20H26N2O. The maximum atomic E-state index is 12.2. The summed E-state index contributed by atoms with van der Waals surface area (Å²) in [6.45, 7) is 7.91. The summed E-state index contributed by atoms with van der Waals surface area (Å²) in [6, 6.07) is 18.2. The van der Waals surface area contributed by atoms with Gasteiger partial charge in [-0.2, -0.15) is 0 Å². The van der Waals surface area contributed by atoms with Crippen LogP contribution in [-0.4, -0.2) is 12.5 Å². The third kappa shape index (κ3) is 5.53. The molecule has 2 N–H and O–H groups in total. The summed E-state index contributed by atoms with van der Waals surface area (Å²) in [5, 5.41) is 6.34. The fourth-order valence-corrected chi connectivity index (χ4v) is 2.49. The second kappa shape index (κ2) is 7.93. The van der Waals surface area contributed by atoms with Crippen LogP contribution in [0.2, 0.25) is 0 Å². The fraction of sp³-hybridized carbons (Fsp3) is 0.350. The van der Waals surface area contributed by atoms with E-state index in [-0.39, 0.29) is 11.3 Å². The van der Waals surface area contributed by atoms with E-state index in [2.05, 4.69) is 49.6 Å². The zero-order chi connectivity index (χ0) is 16.7. The highest BCUT2D eigenvalue weighted by molar-refractivity contribution is 5.91. The lowest BCUT2D eigenvalue weighted by Gasteiger charge is -2.23. The van der Waals surface area contributed by atoms with Crippen LogP contribution in [-0.2, 0) is 16.8 Å². The number of nitrogens with one attached hydrogen (secondary N) is 2. The van der Waals surface area contributed by atoms with Crippen LogP contribution in [0.25, 0.3) is 0 Å². The molecule has 0 aliphatic heterocycles. The molecule has 3 heteroatoms. The molecule has 0 aliphatic rings. The minimum atomic E-state index is 0.00936. The lowest BCUT2D eigenvalue weighted by atomic mass is 9.86. The van der Waals surface area contributed by atoms with Crippen molar-refractivity contribution in [2.24, 2.45) is 0 Å². The molecule has 0 fully saturated rings. The van der Waals surface area contributed by atoms with Crippen LogP contribution in [0, 0.1) is 0 Å². The van der Waals surface area contributed by atoms with Crippen molar-refractivity contribution in [1.29, 1.82) is 0 Å². The average Bonchev–Trinajstić information content (AvgIpc) is 2.52. The molecule has 0 aliphatic carbocycles. The number of benzene rings is 2. The normalized spacial score (nSPS) is 11.3. The minimum absolute atomic E-state index is 0.00936. The van der Waals surface area contributed by atoms with E-state index in [9.17, 15) is 4.79 Å². The summed E-state index contributed by atoms with van der Waals surface area (Å²) in [6.07, 6.45) is 0.464. The monoisotopic (exact) mass is 310 g/mol. The summed E-state index contributed by atoms with van der Waals surface area (Å²) < 4.78 is 0. The van der Waals surface area contributed by atoms with E-state index >= 15 is 0 Å². The summed E-state index contributed by atoms with van der Waals surface area (Å²) in [4.78, 5) is 12.2. The first kappa shape index (κ1) is 17.2. The highest BCUT2D eigenvalue weighted by atomic mass is 16.1. The average molecular weight is 310 g/mol. The number of para-hydroxylation sites is 1. The molecule has 3 nitrogen and oxygen atoms in total. The van der Waals surface area contributed by atoms with E-state index < -0.39 is 0 Å². The molecule has 0 bridgehead atoms. The van der Waals surface area contributed by atoms with Crippen LogP contribution in [0.3, 0.4) is 0 Å². The van der Waals surface area contributed by atoms with Crippen molar-refractivity contribution in [3.8, 4) is 0 Å². The van der Waals surface area contributed by atoms with Gasteiger partial charge in [-0.1, -0.05) is 69.3 Å². The van der Waals surface area contributed by atoms with Gasteiger partial charge in [0.15, 0.2) is 0 Å². The predicted octanol–water partition coefficient (Wildman–Crippen LogP) is 4.10. The smallest absolute Gasteiger partial charge is 0.225 e. The molecule has 0 spiro atoms. The number of amides is 1. The van der Waals surface area contributed by atoms with Crippen molar-refractivity contribution in [2.75, 3.05) is 11.9 Å². The molecule has 0 saturated heterocycles. The van der Waals surface area contributed by atoms with E-state index in [0.29, 0.717) is 13.0 Å². The Labute approximate surface area is 139 Å². The van der Waals surface area contributed by atoms with Crippen molar-refractivity contribution in [1.82, 2.24) is 5.32 Å². The van der Waals surface area contributed by atoms with Gasteiger partial charge in [-0.15, -0.1) is 0 Å². The van der Waals surface area contributed by atoms with Crippen LogP contribution in [0.15, 0.2) is 54.6 Å². The van der Waals surface area contributed by atoms with Crippen LogP contribution >= 0.6 is 0 Å². The highest BCUT2D eigenvalue weighted by Gasteiger charge is 2.18. The van der Waals surface area contributed by atoms with Gasteiger partial charge < -0.3 is 10.6 Å². The molecule has 1 amide bonds. The Kier molecular flexibility index (Phi) is 5.94. The van der Waals surface area contributed by atoms with Gasteiger partial charge in [0, 0.05) is 25.2 Å². The van der Waals surface area contributed by atoms with E-state index in [1.165, 1.54) is 5.56 Å². The van der Waals surface area contributed by atoms with Crippen LogP contribution in [0.4, 0.5) is 5.69 Å². The Morgan fingerprint density at radius 3 is 2.30 bits per heavy atom. The van der Waals surface area contributed by atoms with Crippen molar-refractivity contribution >= 4 is 11.6 Å². The molecule has 0 radical (unpaired) electrons. The molecule has 0 saturated carbocycles. The molecule has 2 rings (SSSR count). The summed E-state index contributed by atoms with van der Waals surface area (Å²) in [5.74, 6) is 0.0438. The number of hydrogen-bond acceptors (Lipinski definition) is 2. The Hall–Kier alpha value is -2.13.